The fraction of sp³-hybridized carbons (Fsp3) is 0.500. The van der Waals surface area contributed by atoms with Crippen molar-refractivity contribution >= 4 is 11.9 Å². The molecule has 150 valence electrons. The zero-order valence-electron chi connectivity index (χ0n) is 17.0. The fourth-order valence-electron chi connectivity index (χ4n) is 3.96. The van der Waals surface area contributed by atoms with Gasteiger partial charge in [0.1, 0.15) is 17.1 Å². The molecule has 1 aliphatic heterocycles. The molecule has 1 unspecified atom stereocenters. The number of imidazole rings is 1. The first-order valence-corrected chi connectivity index (χ1v) is 10.1. The smallest absolute Gasteiger partial charge is 0.331 e. The summed E-state index contributed by atoms with van der Waals surface area (Å²) in [6.45, 7) is 4.54. The third-order valence-corrected chi connectivity index (χ3v) is 5.39. The minimum Gasteiger partial charge on any atom is -0.467 e. The maximum atomic E-state index is 13.2. The van der Waals surface area contributed by atoms with Crippen LogP contribution in [0.2, 0.25) is 0 Å². The quantitative estimate of drug-likeness (QED) is 0.771. The molecule has 1 aliphatic rings. The number of nitrogens with zero attached hydrogens (tertiary/aromatic N) is 2. The first-order chi connectivity index (χ1) is 13.5. The van der Waals surface area contributed by atoms with Gasteiger partial charge in [0.05, 0.1) is 12.8 Å². The average Bonchev–Trinajstić information content (AvgIpc) is 2.89. The van der Waals surface area contributed by atoms with Crippen molar-refractivity contribution in [3.8, 4) is 11.4 Å². The summed E-state index contributed by atoms with van der Waals surface area (Å²) in [5, 5.41) is 2.91. The van der Waals surface area contributed by atoms with Crippen molar-refractivity contribution in [1.82, 2.24) is 14.9 Å². The number of methoxy groups -OCH3 is 1. The molecule has 0 spiro atoms. The lowest BCUT2D eigenvalue weighted by molar-refractivity contribution is -0.147. The van der Waals surface area contributed by atoms with Gasteiger partial charge in [-0.05, 0) is 32.6 Å². The molecule has 1 atom stereocenters. The second-order valence-corrected chi connectivity index (χ2v) is 7.59. The van der Waals surface area contributed by atoms with E-state index in [2.05, 4.69) is 9.88 Å². The van der Waals surface area contributed by atoms with Crippen LogP contribution in [0.25, 0.3) is 11.4 Å². The van der Waals surface area contributed by atoms with Gasteiger partial charge in [-0.15, -0.1) is 0 Å². The van der Waals surface area contributed by atoms with Crippen LogP contribution in [-0.4, -0.2) is 34.1 Å². The predicted molar refractivity (Wildman–Crippen MR) is 108 cm³/mol. The molecule has 0 radical (unpaired) electrons. The van der Waals surface area contributed by atoms with Crippen LogP contribution in [0.15, 0.2) is 30.3 Å². The molecule has 2 aromatic rings. The standard InChI is InChI=1S/C22H29N3O3/c1-4-14-22(2,21(27)28-3)24-20(26)18-17-13-9-6-10-15-25(17)19(23-18)16-11-7-5-8-12-16/h5,7-8,11-12H,4,6,9-10,13-15H2,1-3H3,(H,24,26). The molecule has 3 rings (SSSR count). The van der Waals surface area contributed by atoms with Crippen molar-refractivity contribution in [3.63, 3.8) is 0 Å². The van der Waals surface area contributed by atoms with E-state index in [9.17, 15) is 9.59 Å². The molecule has 1 amide bonds. The van der Waals surface area contributed by atoms with Crippen LogP contribution in [0.1, 0.15) is 62.1 Å². The highest BCUT2D eigenvalue weighted by molar-refractivity contribution is 5.98. The summed E-state index contributed by atoms with van der Waals surface area (Å²) >= 11 is 0. The number of carbonyl (C=O) groups excluding carboxylic acids is 2. The average molecular weight is 383 g/mol. The Morgan fingerprint density at radius 3 is 2.64 bits per heavy atom. The normalized spacial score (nSPS) is 15.8. The Bertz CT molecular complexity index is 844. The maximum absolute atomic E-state index is 13.2. The Morgan fingerprint density at radius 1 is 1.21 bits per heavy atom. The molecular formula is C22H29N3O3. The molecule has 2 heterocycles. The number of rotatable bonds is 6. The van der Waals surface area contributed by atoms with Crippen molar-refractivity contribution in [2.45, 2.75) is 64.5 Å². The van der Waals surface area contributed by atoms with Crippen LogP contribution in [0.5, 0.6) is 0 Å². The lowest BCUT2D eigenvalue weighted by Crippen LogP contribution is -2.53. The van der Waals surface area contributed by atoms with Gasteiger partial charge in [-0.25, -0.2) is 9.78 Å². The summed E-state index contributed by atoms with van der Waals surface area (Å²) in [6, 6.07) is 9.94. The molecule has 6 heteroatoms. The van der Waals surface area contributed by atoms with E-state index in [0.717, 1.165) is 55.7 Å². The van der Waals surface area contributed by atoms with Crippen molar-refractivity contribution in [2.24, 2.45) is 0 Å². The predicted octanol–water partition coefficient (Wildman–Crippen LogP) is 3.74. The molecule has 1 N–H and O–H groups in total. The van der Waals surface area contributed by atoms with Crippen LogP contribution < -0.4 is 5.32 Å². The van der Waals surface area contributed by atoms with Gasteiger partial charge in [0.2, 0.25) is 0 Å². The van der Waals surface area contributed by atoms with Crippen LogP contribution in [-0.2, 0) is 22.5 Å². The zero-order chi connectivity index (χ0) is 20.1. The number of carbonyl (C=O) groups is 2. The first kappa shape index (κ1) is 20.1. The van der Waals surface area contributed by atoms with Crippen LogP contribution in [0, 0.1) is 0 Å². The molecule has 0 aliphatic carbocycles. The van der Waals surface area contributed by atoms with Gasteiger partial charge in [-0.3, -0.25) is 4.79 Å². The minimum absolute atomic E-state index is 0.311. The summed E-state index contributed by atoms with van der Waals surface area (Å²) in [5.41, 5.74) is 1.31. The van der Waals surface area contributed by atoms with Crippen molar-refractivity contribution in [2.75, 3.05) is 7.11 Å². The Morgan fingerprint density at radius 2 is 1.96 bits per heavy atom. The largest absolute Gasteiger partial charge is 0.467 e. The number of fused-ring (bicyclic) bond motifs is 1. The Kier molecular flexibility index (Phi) is 6.17. The highest BCUT2D eigenvalue weighted by atomic mass is 16.5. The van der Waals surface area contributed by atoms with E-state index in [4.69, 9.17) is 9.72 Å². The number of esters is 1. The van der Waals surface area contributed by atoms with E-state index in [-0.39, 0.29) is 5.91 Å². The number of ether oxygens (including phenoxy) is 1. The number of hydrogen-bond donors (Lipinski definition) is 1. The van der Waals surface area contributed by atoms with E-state index in [1.54, 1.807) is 6.92 Å². The number of aromatic nitrogens is 2. The number of nitrogens with one attached hydrogen (secondary N) is 1. The lowest BCUT2D eigenvalue weighted by Gasteiger charge is -2.27. The molecule has 0 bridgehead atoms. The van der Waals surface area contributed by atoms with Gasteiger partial charge in [-0.1, -0.05) is 50.1 Å². The summed E-state index contributed by atoms with van der Waals surface area (Å²) in [7, 11) is 1.35. The van der Waals surface area contributed by atoms with E-state index in [1.807, 2.05) is 37.3 Å². The molecule has 0 fully saturated rings. The highest BCUT2D eigenvalue weighted by Gasteiger charge is 2.37. The van der Waals surface area contributed by atoms with Crippen molar-refractivity contribution in [1.29, 1.82) is 0 Å². The number of hydrogen-bond acceptors (Lipinski definition) is 4. The van der Waals surface area contributed by atoms with Crippen LogP contribution >= 0.6 is 0 Å². The molecule has 1 aromatic heterocycles. The third-order valence-electron chi connectivity index (χ3n) is 5.39. The molecule has 1 aromatic carbocycles. The van der Waals surface area contributed by atoms with Gasteiger partial charge in [0.15, 0.2) is 0 Å². The van der Waals surface area contributed by atoms with Gasteiger partial charge in [0, 0.05) is 12.1 Å². The van der Waals surface area contributed by atoms with E-state index in [0.29, 0.717) is 12.1 Å². The highest BCUT2D eigenvalue weighted by Crippen LogP contribution is 2.27. The van der Waals surface area contributed by atoms with E-state index < -0.39 is 11.5 Å². The van der Waals surface area contributed by atoms with Crippen LogP contribution in [0.4, 0.5) is 0 Å². The lowest BCUT2D eigenvalue weighted by atomic mass is 9.96. The topological polar surface area (TPSA) is 73.2 Å². The zero-order valence-corrected chi connectivity index (χ0v) is 17.0. The van der Waals surface area contributed by atoms with Crippen molar-refractivity contribution in [3.05, 3.63) is 41.7 Å². The Balaban J connectivity index is 2.00. The van der Waals surface area contributed by atoms with E-state index >= 15 is 0 Å². The Hall–Kier alpha value is -2.63. The van der Waals surface area contributed by atoms with Gasteiger partial charge in [-0.2, -0.15) is 0 Å². The fourth-order valence-corrected chi connectivity index (χ4v) is 3.96. The SMILES string of the molecule is CCCC(C)(NC(=O)c1nc(-c2ccccc2)n2c1CCCCC2)C(=O)OC. The minimum atomic E-state index is -1.06. The third kappa shape index (κ3) is 3.96. The second-order valence-electron chi connectivity index (χ2n) is 7.59. The summed E-state index contributed by atoms with van der Waals surface area (Å²) in [4.78, 5) is 30.2. The number of benzene rings is 1. The summed E-state index contributed by atoms with van der Waals surface area (Å²) < 4.78 is 7.11. The summed E-state index contributed by atoms with van der Waals surface area (Å²) in [6.07, 6.45) is 5.30. The monoisotopic (exact) mass is 383 g/mol. The van der Waals surface area contributed by atoms with Gasteiger partial charge < -0.3 is 14.6 Å². The molecule has 0 saturated carbocycles. The first-order valence-electron chi connectivity index (χ1n) is 10.1. The maximum Gasteiger partial charge on any atom is 0.331 e. The molecule has 28 heavy (non-hydrogen) atoms. The molecule has 0 saturated heterocycles. The van der Waals surface area contributed by atoms with Gasteiger partial charge in [0.25, 0.3) is 5.91 Å². The van der Waals surface area contributed by atoms with Gasteiger partial charge >= 0.3 is 5.97 Å². The Labute approximate surface area is 166 Å². The van der Waals surface area contributed by atoms with Crippen molar-refractivity contribution < 1.29 is 14.3 Å². The number of amides is 1. The van der Waals surface area contributed by atoms with E-state index in [1.165, 1.54) is 7.11 Å². The molecule has 6 nitrogen and oxygen atoms in total. The van der Waals surface area contributed by atoms with Crippen LogP contribution in [0.3, 0.4) is 0 Å². The second kappa shape index (κ2) is 8.59. The molecular weight excluding hydrogens is 354 g/mol. The summed E-state index contributed by atoms with van der Waals surface area (Å²) in [5.74, 6) is 0.0726.